The summed E-state index contributed by atoms with van der Waals surface area (Å²) in [6.07, 6.45) is 11.5. The first-order valence-electron chi connectivity index (χ1n) is 9.85. The molecule has 0 aliphatic heterocycles. The average molecular weight is 365 g/mol. The van der Waals surface area contributed by atoms with Crippen LogP contribution >= 0.6 is 0 Å². The Hall–Kier alpha value is -2.70. The number of hydrogen-bond donors (Lipinski definition) is 1. The van der Waals surface area contributed by atoms with E-state index in [1.807, 2.05) is 12.1 Å². The summed E-state index contributed by atoms with van der Waals surface area (Å²) in [6, 6.07) is 4.20. The first-order chi connectivity index (χ1) is 13.3. The fourth-order valence-corrected chi connectivity index (χ4v) is 4.40. The van der Waals surface area contributed by atoms with Crippen LogP contribution < -0.4 is 10.9 Å². The van der Waals surface area contributed by atoms with E-state index in [1.54, 1.807) is 17.1 Å². The second-order valence-electron chi connectivity index (χ2n) is 7.65. The second-order valence-corrected chi connectivity index (χ2v) is 7.65. The number of aromatic nitrogens is 4. The molecule has 1 N–H and O–H groups in total. The van der Waals surface area contributed by atoms with E-state index in [-0.39, 0.29) is 11.6 Å². The van der Waals surface area contributed by atoms with Crippen LogP contribution in [0.1, 0.15) is 55.8 Å². The van der Waals surface area contributed by atoms with Gasteiger partial charge in [-0.1, -0.05) is 0 Å². The maximum atomic E-state index is 12.5. The van der Waals surface area contributed by atoms with E-state index in [4.69, 9.17) is 9.52 Å². The first kappa shape index (κ1) is 16.5. The van der Waals surface area contributed by atoms with Gasteiger partial charge in [-0.2, -0.15) is 10.2 Å². The Balaban J connectivity index is 1.29. The molecule has 3 aromatic rings. The molecule has 0 radical (unpaired) electrons. The van der Waals surface area contributed by atoms with Gasteiger partial charge in [0, 0.05) is 17.5 Å². The van der Waals surface area contributed by atoms with Crippen LogP contribution in [0.4, 0.5) is 5.82 Å². The fraction of sp³-hybridized carbons (Fsp3) is 0.500. The van der Waals surface area contributed by atoms with Crippen molar-refractivity contribution < 1.29 is 4.42 Å². The van der Waals surface area contributed by atoms with E-state index in [0.29, 0.717) is 11.9 Å². The van der Waals surface area contributed by atoms with E-state index >= 15 is 0 Å². The minimum Gasteiger partial charge on any atom is -0.460 e. The minimum atomic E-state index is 0.0540. The zero-order valence-corrected chi connectivity index (χ0v) is 15.2. The van der Waals surface area contributed by atoms with Gasteiger partial charge in [0.15, 0.2) is 11.4 Å². The molecule has 2 aliphatic carbocycles. The summed E-state index contributed by atoms with van der Waals surface area (Å²) in [7, 11) is 0. The normalized spacial score (nSPS) is 22.5. The molecule has 0 spiro atoms. The molecule has 0 unspecified atom stereocenters. The van der Waals surface area contributed by atoms with E-state index in [0.717, 1.165) is 60.8 Å². The molecule has 3 aromatic heterocycles. The maximum absolute atomic E-state index is 12.5. The monoisotopic (exact) mass is 365 g/mol. The van der Waals surface area contributed by atoms with Crippen molar-refractivity contribution in [3.05, 3.63) is 46.2 Å². The lowest BCUT2D eigenvalue weighted by Gasteiger charge is -2.30. The fourth-order valence-electron chi connectivity index (χ4n) is 4.40. The molecule has 2 aliphatic rings. The van der Waals surface area contributed by atoms with Crippen LogP contribution in [0.15, 0.2) is 33.8 Å². The van der Waals surface area contributed by atoms with Crippen LogP contribution in [0.3, 0.4) is 0 Å². The molecule has 0 aromatic carbocycles. The summed E-state index contributed by atoms with van der Waals surface area (Å²) in [5, 5.41) is 17.4. The van der Waals surface area contributed by atoms with Crippen molar-refractivity contribution >= 4 is 16.8 Å². The zero-order valence-electron chi connectivity index (χ0n) is 15.2. The maximum Gasteiger partial charge on any atom is 0.267 e. The third kappa shape index (κ3) is 3.11. The summed E-state index contributed by atoms with van der Waals surface area (Å²) >= 11 is 0. The van der Waals surface area contributed by atoms with Gasteiger partial charge in [-0.3, -0.25) is 4.79 Å². The molecule has 1 fully saturated rings. The van der Waals surface area contributed by atoms with Gasteiger partial charge in [-0.25, -0.2) is 4.68 Å². The van der Waals surface area contributed by atoms with E-state index < -0.39 is 0 Å². The molecule has 0 bridgehead atoms. The zero-order chi connectivity index (χ0) is 18.2. The Kier molecular flexibility index (Phi) is 4.14. The van der Waals surface area contributed by atoms with Crippen LogP contribution in [0, 0.1) is 0 Å². The lowest BCUT2D eigenvalue weighted by atomic mass is 9.91. The van der Waals surface area contributed by atoms with Gasteiger partial charge in [-0.15, -0.1) is 5.10 Å². The van der Waals surface area contributed by atoms with Gasteiger partial charge in [0.2, 0.25) is 0 Å². The highest BCUT2D eigenvalue weighted by Gasteiger charge is 2.26. The predicted octanol–water partition coefficient (Wildman–Crippen LogP) is 3.25. The highest BCUT2D eigenvalue weighted by molar-refractivity contribution is 5.85. The van der Waals surface area contributed by atoms with E-state index in [9.17, 15) is 4.79 Å². The lowest BCUT2D eigenvalue weighted by Crippen LogP contribution is -2.34. The van der Waals surface area contributed by atoms with Crippen molar-refractivity contribution in [2.24, 2.45) is 0 Å². The van der Waals surface area contributed by atoms with Crippen molar-refractivity contribution in [2.45, 2.75) is 63.5 Å². The van der Waals surface area contributed by atoms with Crippen molar-refractivity contribution in [3.8, 4) is 0 Å². The molecule has 0 amide bonds. The smallest absolute Gasteiger partial charge is 0.267 e. The number of nitrogens with one attached hydrogen (secondary N) is 1. The Morgan fingerprint density at radius 2 is 2.00 bits per heavy atom. The van der Waals surface area contributed by atoms with Crippen LogP contribution in [0.5, 0.6) is 0 Å². The minimum absolute atomic E-state index is 0.0540. The summed E-state index contributed by atoms with van der Waals surface area (Å²) < 4.78 is 7.27. The van der Waals surface area contributed by atoms with Gasteiger partial charge in [0.1, 0.15) is 0 Å². The highest BCUT2D eigenvalue weighted by Crippen LogP contribution is 2.30. The first-order valence-corrected chi connectivity index (χ1v) is 9.85. The topological polar surface area (TPSA) is 85.8 Å². The molecule has 0 atom stereocenters. The standard InChI is InChI=1S/C20H23N5O2/c26-18-11-13-3-1-2-4-17(13)24-25(18)16-7-5-15(6-8-16)22-20-19-14(9-10-27-19)12-21-23-20/h9-12,15-16H,1-8H2,(H,22,23). The Morgan fingerprint density at radius 3 is 2.89 bits per heavy atom. The molecular formula is C20H23N5O2. The number of furan rings is 1. The largest absolute Gasteiger partial charge is 0.460 e. The Morgan fingerprint density at radius 1 is 1.15 bits per heavy atom. The van der Waals surface area contributed by atoms with Gasteiger partial charge in [0.25, 0.3) is 5.56 Å². The molecule has 27 heavy (non-hydrogen) atoms. The quantitative estimate of drug-likeness (QED) is 0.767. The summed E-state index contributed by atoms with van der Waals surface area (Å²) in [6.45, 7) is 0. The molecule has 1 saturated carbocycles. The van der Waals surface area contributed by atoms with Crippen molar-refractivity contribution in [1.82, 2.24) is 20.0 Å². The summed E-state index contributed by atoms with van der Waals surface area (Å²) in [5.74, 6) is 0.699. The lowest BCUT2D eigenvalue weighted by molar-refractivity contribution is 0.300. The van der Waals surface area contributed by atoms with Crippen LogP contribution in [0.25, 0.3) is 11.0 Å². The number of aryl methyl sites for hydroxylation is 2. The predicted molar refractivity (Wildman–Crippen MR) is 102 cm³/mol. The number of anilines is 1. The van der Waals surface area contributed by atoms with Crippen LogP contribution in [-0.2, 0) is 12.8 Å². The number of nitrogens with zero attached hydrogens (tertiary/aromatic N) is 4. The molecular weight excluding hydrogens is 342 g/mol. The van der Waals surface area contributed by atoms with Crippen LogP contribution in [-0.4, -0.2) is 26.0 Å². The number of fused-ring (bicyclic) bond motifs is 2. The van der Waals surface area contributed by atoms with Crippen LogP contribution in [0.2, 0.25) is 0 Å². The molecule has 0 saturated heterocycles. The molecule has 3 heterocycles. The number of rotatable bonds is 3. The van der Waals surface area contributed by atoms with Crippen molar-refractivity contribution in [1.29, 1.82) is 0 Å². The molecule has 7 nitrogen and oxygen atoms in total. The molecule has 5 rings (SSSR count). The summed E-state index contributed by atoms with van der Waals surface area (Å²) in [4.78, 5) is 12.5. The Bertz CT molecular complexity index is 1020. The third-order valence-electron chi connectivity index (χ3n) is 5.88. The Labute approximate surface area is 156 Å². The van der Waals surface area contributed by atoms with Gasteiger partial charge in [-0.05, 0) is 63.0 Å². The van der Waals surface area contributed by atoms with Gasteiger partial charge >= 0.3 is 0 Å². The second kappa shape index (κ2) is 6.79. The summed E-state index contributed by atoms with van der Waals surface area (Å²) in [5.41, 5.74) is 3.09. The molecule has 140 valence electrons. The van der Waals surface area contributed by atoms with E-state index in [1.165, 1.54) is 12.8 Å². The van der Waals surface area contributed by atoms with Gasteiger partial charge in [0.05, 0.1) is 24.2 Å². The SMILES string of the molecule is O=c1cc2c(nn1C1CCC(Nc3nncc4ccoc34)CC1)CCCC2. The highest BCUT2D eigenvalue weighted by atomic mass is 16.3. The molecule has 7 heteroatoms. The number of hydrogen-bond acceptors (Lipinski definition) is 6. The van der Waals surface area contributed by atoms with E-state index in [2.05, 4.69) is 15.5 Å². The van der Waals surface area contributed by atoms with Gasteiger partial charge < -0.3 is 9.73 Å². The average Bonchev–Trinajstić information content (AvgIpc) is 3.18. The third-order valence-corrected chi connectivity index (χ3v) is 5.88. The van der Waals surface area contributed by atoms with Crippen molar-refractivity contribution in [3.63, 3.8) is 0 Å². The van der Waals surface area contributed by atoms with Crippen molar-refractivity contribution in [2.75, 3.05) is 5.32 Å².